The zero-order valence-corrected chi connectivity index (χ0v) is 59.3. The minimum Gasteiger partial charge on any atom is -0.466 e. The fourth-order valence-corrected chi connectivity index (χ4v) is 12.9. The number of rotatable bonds is 76. The summed E-state index contributed by atoms with van der Waals surface area (Å²) in [7, 11) is 0. The van der Waals surface area contributed by atoms with Crippen molar-refractivity contribution >= 4 is 11.9 Å². The van der Waals surface area contributed by atoms with Crippen LogP contribution in [-0.4, -0.2) is 47.4 Å². The molecule has 0 radical (unpaired) electrons. The van der Waals surface area contributed by atoms with Gasteiger partial charge < -0.3 is 20.3 Å². The number of carbonyl (C=O) groups is 2. The van der Waals surface area contributed by atoms with Gasteiger partial charge in [-0.3, -0.25) is 9.59 Å². The van der Waals surface area contributed by atoms with Gasteiger partial charge in [0.25, 0.3) is 0 Å². The molecule has 2 atom stereocenters. The van der Waals surface area contributed by atoms with Crippen molar-refractivity contribution in [3.05, 3.63) is 24.3 Å². The Labute approximate surface area is 545 Å². The van der Waals surface area contributed by atoms with Crippen LogP contribution in [0.4, 0.5) is 0 Å². The van der Waals surface area contributed by atoms with Gasteiger partial charge in [0.1, 0.15) is 0 Å². The number of aliphatic hydroxyl groups is 2. The van der Waals surface area contributed by atoms with E-state index < -0.39 is 12.1 Å². The number of aliphatic hydroxyl groups excluding tert-OH is 2. The highest BCUT2D eigenvalue weighted by molar-refractivity contribution is 5.76. The Morgan fingerprint density at radius 2 is 0.575 bits per heavy atom. The summed E-state index contributed by atoms with van der Waals surface area (Å²) < 4.78 is 5.51. The average Bonchev–Trinajstić information content (AvgIpc) is 3.52. The Balaban J connectivity index is 3.33. The third kappa shape index (κ3) is 73.3. The molecule has 0 aromatic carbocycles. The predicted molar refractivity (Wildman–Crippen MR) is 384 cm³/mol. The molecule has 0 rings (SSSR count). The van der Waals surface area contributed by atoms with Gasteiger partial charge in [-0.25, -0.2) is 0 Å². The fourth-order valence-electron chi connectivity index (χ4n) is 12.9. The first-order chi connectivity index (χ1) is 43.0. The first kappa shape index (κ1) is 85.3. The molecule has 0 aliphatic heterocycles. The Morgan fingerprint density at radius 1 is 0.322 bits per heavy atom. The second-order valence-electron chi connectivity index (χ2n) is 27.8. The zero-order chi connectivity index (χ0) is 62.8. The molecular weight excluding hydrogens is 1070 g/mol. The summed E-state index contributed by atoms with van der Waals surface area (Å²) in [5.74, 6) is -0.0110. The van der Waals surface area contributed by atoms with E-state index in [-0.39, 0.29) is 18.5 Å². The molecule has 0 saturated heterocycles. The van der Waals surface area contributed by atoms with Gasteiger partial charge in [-0.1, -0.05) is 411 Å². The standard InChI is InChI=1S/C81H157NO5/c1-3-5-7-9-11-13-15-17-19-21-23-35-38-41-45-49-53-57-61-65-69-73-79(84)78(77-83)82-80(85)74-70-66-62-58-54-50-46-42-39-36-33-31-29-27-25-24-26-28-30-32-34-37-40-44-48-52-56-60-64-68-72-76-87-81(86)75-71-67-63-59-55-51-47-43-22-20-18-16-14-12-10-8-6-4-2/h14,16,20,22,78-79,83-84H,3-13,15,17-19,21,23-77H2,1-2H3,(H,82,85)/b16-14-,22-20-. The molecule has 0 aromatic heterocycles. The molecule has 2 unspecified atom stereocenters. The average molecular weight is 1230 g/mol. The Bertz CT molecular complexity index is 1360. The first-order valence-corrected chi connectivity index (χ1v) is 40.1. The molecule has 6 heteroatoms. The van der Waals surface area contributed by atoms with Crippen LogP contribution in [0.1, 0.15) is 457 Å². The number of esters is 1. The molecule has 516 valence electrons. The Morgan fingerprint density at radius 3 is 0.885 bits per heavy atom. The zero-order valence-electron chi connectivity index (χ0n) is 59.3. The van der Waals surface area contributed by atoms with Crippen molar-refractivity contribution in [2.45, 2.75) is 469 Å². The highest BCUT2D eigenvalue weighted by atomic mass is 16.5. The van der Waals surface area contributed by atoms with Gasteiger partial charge in [0.2, 0.25) is 5.91 Å². The number of allylic oxidation sites excluding steroid dienone is 4. The maximum Gasteiger partial charge on any atom is 0.305 e. The third-order valence-corrected chi connectivity index (χ3v) is 19.0. The highest BCUT2D eigenvalue weighted by Gasteiger charge is 2.20. The second-order valence-corrected chi connectivity index (χ2v) is 27.8. The molecule has 0 spiro atoms. The van der Waals surface area contributed by atoms with E-state index >= 15 is 0 Å². The van der Waals surface area contributed by atoms with Crippen LogP contribution in [0.15, 0.2) is 24.3 Å². The second kappa shape index (κ2) is 76.8. The summed E-state index contributed by atoms with van der Waals surface area (Å²) in [6.07, 6.45) is 98.4. The van der Waals surface area contributed by atoms with E-state index in [4.69, 9.17) is 4.74 Å². The van der Waals surface area contributed by atoms with Crippen molar-refractivity contribution in [1.29, 1.82) is 0 Å². The van der Waals surface area contributed by atoms with Crippen LogP contribution in [0.5, 0.6) is 0 Å². The number of unbranched alkanes of at least 4 members (excludes halogenated alkanes) is 61. The molecule has 0 aromatic rings. The van der Waals surface area contributed by atoms with Gasteiger partial charge >= 0.3 is 5.97 Å². The molecule has 1 amide bonds. The molecule has 0 saturated carbocycles. The van der Waals surface area contributed by atoms with Crippen LogP contribution in [0.3, 0.4) is 0 Å². The number of amides is 1. The normalized spacial score (nSPS) is 12.6. The lowest BCUT2D eigenvalue weighted by atomic mass is 10.0. The lowest BCUT2D eigenvalue weighted by Crippen LogP contribution is -2.45. The molecule has 87 heavy (non-hydrogen) atoms. The van der Waals surface area contributed by atoms with E-state index in [0.717, 1.165) is 51.4 Å². The minimum absolute atomic E-state index is 0.0144. The van der Waals surface area contributed by atoms with Crippen LogP contribution in [0.25, 0.3) is 0 Å². The maximum atomic E-state index is 12.6. The topological polar surface area (TPSA) is 95.9 Å². The first-order valence-electron chi connectivity index (χ1n) is 40.1. The minimum atomic E-state index is -0.662. The molecular formula is C81H157NO5. The lowest BCUT2D eigenvalue weighted by molar-refractivity contribution is -0.143. The Kier molecular flexibility index (Phi) is 75.3. The van der Waals surface area contributed by atoms with Crippen LogP contribution in [0.2, 0.25) is 0 Å². The highest BCUT2D eigenvalue weighted by Crippen LogP contribution is 2.20. The fraction of sp³-hybridized carbons (Fsp3) is 0.926. The smallest absolute Gasteiger partial charge is 0.305 e. The lowest BCUT2D eigenvalue weighted by Gasteiger charge is -2.22. The summed E-state index contributed by atoms with van der Waals surface area (Å²) in [5, 5.41) is 23.5. The molecule has 0 fully saturated rings. The number of hydrogen-bond acceptors (Lipinski definition) is 5. The van der Waals surface area contributed by atoms with Crippen LogP contribution >= 0.6 is 0 Å². The van der Waals surface area contributed by atoms with Gasteiger partial charge in [0.15, 0.2) is 0 Å². The van der Waals surface area contributed by atoms with Gasteiger partial charge in [-0.2, -0.15) is 0 Å². The van der Waals surface area contributed by atoms with Crippen molar-refractivity contribution in [3.63, 3.8) is 0 Å². The number of nitrogens with one attached hydrogen (secondary N) is 1. The maximum absolute atomic E-state index is 12.6. The van der Waals surface area contributed by atoms with E-state index in [2.05, 4.69) is 43.5 Å². The van der Waals surface area contributed by atoms with Gasteiger partial charge in [0.05, 0.1) is 25.4 Å². The third-order valence-electron chi connectivity index (χ3n) is 19.0. The van der Waals surface area contributed by atoms with E-state index in [0.29, 0.717) is 25.9 Å². The summed E-state index contributed by atoms with van der Waals surface area (Å²) >= 11 is 0. The van der Waals surface area contributed by atoms with Crippen LogP contribution < -0.4 is 5.32 Å². The molecule has 3 N–H and O–H groups in total. The van der Waals surface area contributed by atoms with E-state index in [1.54, 1.807) is 0 Å². The van der Waals surface area contributed by atoms with E-state index in [1.165, 1.54) is 372 Å². The molecule has 6 nitrogen and oxygen atoms in total. The van der Waals surface area contributed by atoms with Crippen LogP contribution in [0, 0.1) is 0 Å². The molecule has 0 heterocycles. The van der Waals surface area contributed by atoms with Crippen molar-refractivity contribution in [2.75, 3.05) is 13.2 Å². The van der Waals surface area contributed by atoms with Crippen molar-refractivity contribution in [1.82, 2.24) is 5.32 Å². The predicted octanol–water partition coefficient (Wildman–Crippen LogP) is 26.4. The van der Waals surface area contributed by atoms with E-state index in [1.807, 2.05) is 0 Å². The molecule has 0 aliphatic rings. The number of ether oxygens (including phenoxy) is 1. The summed E-state index contributed by atoms with van der Waals surface area (Å²) in [6.45, 7) is 4.99. The summed E-state index contributed by atoms with van der Waals surface area (Å²) in [4.78, 5) is 24.7. The van der Waals surface area contributed by atoms with Gasteiger partial charge in [-0.05, 0) is 57.8 Å². The van der Waals surface area contributed by atoms with Crippen molar-refractivity contribution < 1.29 is 24.5 Å². The SMILES string of the molecule is CCCCCC/C=C\C/C=C\CCCCCCCCCC(=O)OCCCCCCCCCCCCCCCCCCCCCCCCCCCCCCCCCC(=O)NC(CO)C(O)CCCCCCCCCCCCCCCCCCCCCCC. The number of hydrogen-bond donors (Lipinski definition) is 3. The van der Waals surface area contributed by atoms with Gasteiger partial charge in [-0.15, -0.1) is 0 Å². The monoisotopic (exact) mass is 1220 g/mol. The van der Waals surface area contributed by atoms with Gasteiger partial charge in [0, 0.05) is 12.8 Å². The van der Waals surface area contributed by atoms with Crippen molar-refractivity contribution in [2.24, 2.45) is 0 Å². The van der Waals surface area contributed by atoms with Crippen LogP contribution in [-0.2, 0) is 14.3 Å². The summed E-state index contributed by atoms with van der Waals surface area (Å²) in [5.41, 5.74) is 0. The molecule has 0 bridgehead atoms. The molecule has 0 aliphatic carbocycles. The van der Waals surface area contributed by atoms with E-state index in [9.17, 15) is 19.8 Å². The quantitative estimate of drug-likeness (QED) is 0.0320. The largest absolute Gasteiger partial charge is 0.466 e. The Hall–Kier alpha value is -1.66. The number of carbonyl (C=O) groups excluding carboxylic acids is 2. The van der Waals surface area contributed by atoms with Crippen molar-refractivity contribution in [3.8, 4) is 0 Å². The summed E-state index contributed by atoms with van der Waals surface area (Å²) in [6, 6.07) is -0.539.